The Morgan fingerprint density at radius 3 is 2.00 bits per heavy atom. The van der Waals surface area contributed by atoms with Crippen LogP contribution in [0.4, 0.5) is 0 Å². The summed E-state index contributed by atoms with van der Waals surface area (Å²) in [5, 5.41) is 8.21. The van der Waals surface area contributed by atoms with Crippen LogP contribution in [0.1, 0.15) is 12.5 Å². The Hall–Kier alpha value is -0.950. The molecule has 1 rings (SSSR count). The fraction of sp³-hybridized carbons (Fsp3) is 0.455. The van der Waals surface area contributed by atoms with Gasteiger partial charge in [-0.15, -0.1) is 0 Å². The number of aryl methyl sites for hydroxylation is 1. The van der Waals surface area contributed by atoms with Crippen molar-refractivity contribution in [3.63, 3.8) is 0 Å². The SMILES string of the molecule is CO[C@@H](C)CO.Cc1ccc(S(=O)(=O)O)cc1. The minimum atomic E-state index is -4.02. The molecule has 17 heavy (non-hydrogen) atoms. The van der Waals surface area contributed by atoms with Crippen molar-refractivity contribution in [3.05, 3.63) is 29.8 Å². The summed E-state index contributed by atoms with van der Waals surface area (Å²) in [6, 6.07) is 5.99. The van der Waals surface area contributed by atoms with Crippen LogP contribution in [0.5, 0.6) is 0 Å². The van der Waals surface area contributed by atoms with E-state index < -0.39 is 10.1 Å². The molecule has 1 atom stereocenters. The third kappa shape index (κ3) is 7.06. The minimum absolute atomic E-state index is 0.00926. The van der Waals surface area contributed by atoms with Gasteiger partial charge in [0.05, 0.1) is 17.6 Å². The van der Waals surface area contributed by atoms with Gasteiger partial charge in [-0.25, -0.2) is 0 Å². The van der Waals surface area contributed by atoms with Crippen molar-refractivity contribution in [1.29, 1.82) is 0 Å². The molecule has 1 aromatic carbocycles. The number of aliphatic hydroxyl groups excluding tert-OH is 1. The maximum absolute atomic E-state index is 10.5. The molecule has 1 aromatic rings. The Balaban J connectivity index is 0.000000366. The predicted molar refractivity (Wildman–Crippen MR) is 64.6 cm³/mol. The van der Waals surface area contributed by atoms with Crippen molar-refractivity contribution in [2.45, 2.75) is 24.8 Å². The van der Waals surface area contributed by atoms with Gasteiger partial charge in [-0.2, -0.15) is 8.42 Å². The Labute approximate surface area is 102 Å². The van der Waals surface area contributed by atoms with Crippen LogP contribution in [0.15, 0.2) is 29.2 Å². The van der Waals surface area contributed by atoms with Crippen molar-refractivity contribution in [2.24, 2.45) is 0 Å². The quantitative estimate of drug-likeness (QED) is 0.801. The molecule has 0 saturated heterocycles. The van der Waals surface area contributed by atoms with E-state index in [0.29, 0.717) is 0 Å². The molecule has 0 unspecified atom stereocenters. The van der Waals surface area contributed by atoms with Gasteiger partial charge in [-0.3, -0.25) is 4.55 Å². The molecule has 0 heterocycles. The lowest BCUT2D eigenvalue weighted by atomic mass is 10.2. The number of rotatable bonds is 3. The molecule has 0 radical (unpaired) electrons. The van der Waals surface area contributed by atoms with E-state index >= 15 is 0 Å². The number of hydrogen-bond acceptors (Lipinski definition) is 4. The molecule has 0 aliphatic heterocycles. The van der Waals surface area contributed by atoms with Gasteiger partial charge in [0.1, 0.15) is 0 Å². The Bertz CT molecular complexity index is 406. The van der Waals surface area contributed by atoms with Gasteiger partial charge in [-0.1, -0.05) is 17.7 Å². The van der Waals surface area contributed by atoms with E-state index in [1.165, 1.54) is 12.1 Å². The van der Waals surface area contributed by atoms with Crippen molar-refractivity contribution in [2.75, 3.05) is 13.7 Å². The van der Waals surface area contributed by atoms with Crippen LogP contribution in [-0.2, 0) is 14.9 Å². The molecule has 5 nitrogen and oxygen atoms in total. The standard InChI is InChI=1S/C7H8O3S.C4H10O2/c1-6-2-4-7(5-3-6)11(8,9)10;1-4(3-5)6-2/h2-5H,1H3,(H,8,9,10);4-5H,3H2,1-2H3/t;4-/m.0/s1. The molecule has 0 spiro atoms. The molecular formula is C11H18O5S. The zero-order chi connectivity index (χ0) is 13.5. The molecule has 0 fully saturated rings. The van der Waals surface area contributed by atoms with Crippen LogP contribution >= 0.6 is 0 Å². The Morgan fingerprint density at radius 1 is 1.29 bits per heavy atom. The second kappa shape index (κ2) is 7.39. The number of aliphatic hydroxyl groups is 1. The highest BCUT2D eigenvalue weighted by atomic mass is 32.2. The number of methoxy groups -OCH3 is 1. The van der Waals surface area contributed by atoms with E-state index in [9.17, 15) is 8.42 Å². The average Bonchev–Trinajstić information content (AvgIpc) is 2.28. The van der Waals surface area contributed by atoms with E-state index in [4.69, 9.17) is 9.66 Å². The van der Waals surface area contributed by atoms with Crippen LogP contribution in [-0.4, -0.2) is 37.9 Å². The lowest BCUT2D eigenvalue weighted by Crippen LogP contribution is -2.08. The lowest BCUT2D eigenvalue weighted by Gasteiger charge is -2.00. The zero-order valence-corrected chi connectivity index (χ0v) is 10.9. The average molecular weight is 262 g/mol. The summed E-state index contributed by atoms with van der Waals surface area (Å²) in [5.74, 6) is 0. The van der Waals surface area contributed by atoms with Crippen molar-refractivity contribution in [3.8, 4) is 0 Å². The summed E-state index contributed by atoms with van der Waals surface area (Å²) in [7, 11) is -2.45. The van der Waals surface area contributed by atoms with Crippen LogP contribution in [0.3, 0.4) is 0 Å². The Kier molecular flexibility index (Phi) is 6.98. The summed E-state index contributed by atoms with van der Waals surface area (Å²) in [4.78, 5) is -0.0666. The molecule has 0 aliphatic rings. The highest BCUT2D eigenvalue weighted by Gasteiger charge is 2.06. The van der Waals surface area contributed by atoms with E-state index in [-0.39, 0.29) is 17.6 Å². The van der Waals surface area contributed by atoms with Gasteiger partial charge in [0.15, 0.2) is 0 Å². The van der Waals surface area contributed by atoms with Crippen LogP contribution < -0.4 is 0 Å². The van der Waals surface area contributed by atoms with Gasteiger partial charge in [0.25, 0.3) is 10.1 Å². The first-order chi connectivity index (χ1) is 7.81. The molecule has 0 bridgehead atoms. The zero-order valence-electron chi connectivity index (χ0n) is 10.1. The number of ether oxygens (including phenoxy) is 1. The third-order valence-corrected chi connectivity index (χ3v) is 2.85. The Morgan fingerprint density at radius 2 is 1.76 bits per heavy atom. The van der Waals surface area contributed by atoms with E-state index in [1.807, 2.05) is 6.92 Å². The van der Waals surface area contributed by atoms with E-state index in [2.05, 4.69) is 4.74 Å². The molecule has 0 aliphatic carbocycles. The highest BCUT2D eigenvalue weighted by molar-refractivity contribution is 7.85. The van der Waals surface area contributed by atoms with Gasteiger partial charge < -0.3 is 9.84 Å². The normalized spacial score (nSPS) is 12.5. The second-order valence-electron chi connectivity index (χ2n) is 3.52. The summed E-state index contributed by atoms with van der Waals surface area (Å²) in [6.07, 6.45) is -0.00926. The van der Waals surface area contributed by atoms with Crippen LogP contribution in [0, 0.1) is 6.92 Å². The summed E-state index contributed by atoms with van der Waals surface area (Å²) < 4.78 is 34.2. The van der Waals surface area contributed by atoms with Gasteiger partial charge >= 0.3 is 0 Å². The summed E-state index contributed by atoms with van der Waals surface area (Å²) in [5.41, 5.74) is 0.956. The lowest BCUT2D eigenvalue weighted by molar-refractivity contribution is 0.0623. The fourth-order valence-corrected chi connectivity index (χ4v) is 1.26. The molecule has 0 aromatic heterocycles. The molecule has 98 valence electrons. The first kappa shape index (κ1) is 16.1. The van der Waals surface area contributed by atoms with E-state index in [0.717, 1.165) is 5.56 Å². The molecule has 2 N–H and O–H groups in total. The van der Waals surface area contributed by atoms with Gasteiger partial charge in [-0.05, 0) is 26.0 Å². The van der Waals surface area contributed by atoms with Crippen LogP contribution in [0.25, 0.3) is 0 Å². The maximum Gasteiger partial charge on any atom is 0.294 e. The topological polar surface area (TPSA) is 83.8 Å². The second-order valence-corrected chi connectivity index (χ2v) is 4.94. The van der Waals surface area contributed by atoms with Crippen LogP contribution in [0.2, 0.25) is 0 Å². The molecule has 0 amide bonds. The number of benzene rings is 1. The molecule has 6 heteroatoms. The van der Waals surface area contributed by atoms with Crippen molar-refractivity contribution >= 4 is 10.1 Å². The van der Waals surface area contributed by atoms with E-state index in [1.54, 1.807) is 26.2 Å². The van der Waals surface area contributed by atoms with Gasteiger partial charge in [0.2, 0.25) is 0 Å². The highest BCUT2D eigenvalue weighted by Crippen LogP contribution is 2.08. The molecule has 0 saturated carbocycles. The fourth-order valence-electron chi connectivity index (χ4n) is 0.785. The smallest absolute Gasteiger partial charge is 0.294 e. The number of hydrogen-bond donors (Lipinski definition) is 2. The monoisotopic (exact) mass is 262 g/mol. The predicted octanol–water partition coefficient (Wildman–Crippen LogP) is 1.26. The first-order valence-corrected chi connectivity index (χ1v) is 6.43. The minimum Gasteiger partial charge on any atom is -0.394 e. The molecular weight excluding hydrogens is 244 g/mol. The third-order valence-electron chi connectivity index (χ3n) is 1.98. The first-order valence-electron chi connectivity index (χ1n) is 4.99. The largest absolute Gasteiger partial charge is 0.394 e. The summed E-state index contributed by atoms with van der Waals surface area (Å²) >= 11 is 0. The maximum atomic E-state index is 10.5. The van der Waals surface area contributed by atoms with Gasteiger partial charge in [0, 0.05) is 7.11 Å². The van der Waals surface area contributed by atoms with Crippen molar-refractivity contribution < 1.29 is 22.8 Å². The summed E-state index contributed by atoms with van der Waals surface area (Å²) in [6.45, 7) is 3.75. The van der Waals surface area contributed by atoms with Crippen molar-refractivity contribution in [1.82, 2.24) is 0 Å².